The summed E-state index contributed by atoms with van der Waals surface area (Å²) in [5, 5.41) is 0. The Balaban J connectivity index is 1.54. The molecule has 1 aromatic heterocycles. The Morgan fingerprint density at radius 3 is 2.24 bits per heavy atom. The highest BCUT2D eigenvalue weighted by Gasteiger charge is 2.41. The maximum absolute atomic E-state index is 14.2. The van der Waals surface area contributed by atoms with Gasteiger partial charge in [0.25, 0.3) is 0 Å². The van der Waals surface area contributed by atoms with Gasteiger partial charge in [0.1, 0.15) is 4.90 Å². The first-order chi connectivity index (χ1) is 21.6. The van der Waals surface area contributed by atoms with Crippen LogP contribution in [-0.2, 0) is 41.5 Å². The summed E-state index contributed by atoms with van der Waals surface area (Å²) in [5.41, 5.74) is 1.89. The number of nitrogens with zero attached hydrogens (tertiary/aromatic N) is 3. The van der Waals surface area contributed by atoms with E-state index in [2.05, 4.69) is 14.2 Å². The minimum Gasteiger partial charge on any atom is -0.379 e. The molecule has 0 amide bonds. The summed E-state index contributed by atoms with van der Waals surface area (Å²) in [6, 6.07) is 7.33. The molecule has 3 heterocycles. The van der Waals surface area contributed by atoms with Crippen LogP contribution in [-0.4, -0.2) is 95.3 Å². The molecule has 1 aromatic carbocycles. The van der Waals surface area contributed by atoms with Crippen molar-refractivity contribution in [3.63, 3.8) is 0 Å². The fourth-order valence-electron chi connectivity index (χ4n) is 7.14. The third kappa shape index (κ3) is 7.74. The van der Waals surface area contributed by atoms with E-state index in [9.17, 15) is 16.8 Å². The Morgan fingerprint density at radius 2 is 1.59 bits per heavy atom. The van der Waals surface area contributed by atoms with Crippen LogP contribution in [0, 0.1) is 12.8 Å². The van der Waals surface area contributed by atoms with Crippen molar-refractivity contribution in [3.8, 4) is 11.3 Å². The lowest BCUT2D eigenvalue weighted by atomic mass is 9.85. The maximum atomic E-state index is 14.2. The molecule has 12 heteroatoms. The monoisotopic (exact) mass is 678 g/mol. The van der Waals surface area contributed by atoms with E-state index in [-0.39, 0.29) is 4.90 Å². The van der Waals surface area contributed by atoms with Crippen molar-refractivity contribution in [1.29, 1.82) is 0 Å². The molecule has 3 fully saturated rings. The number of benzene rings is 1. The number of hydrogen-bond donors (Lipinski definition) is 1. The number of nitrogens with one attached hydrogen (secondary N) is 1. The van der Waals surface area contributed by atoms with Crippen LogP contribution in [0.1, 0.15) is 78.0 Å². The summed E-state index contributed by atoms with van der Waals surface area (Å²) in [6.45, 7) is 17.4. The van der Waals surface area contributed by atoms with Gasteiger partial charge in [0, 0.05) is 50.7 Å². The summed E-state index contributed by atoms with van der Waals surface area (Å²) in [5.74, 6) is 0.466. The second-order valence-electron chi connectivity index (χ2n) is 14.8. The SMILES string of the molecule is Cc1c(S(=O)(=O)NCCN2CCOCC2)cc(-c2ccc(S(=O)(=O)N3CCOCC3(C)C)c(C(C)(C)C)c2)n1CC1CCCCC1. The van der Waals surface area contributed by atoms with Crippen LogP contribution in [0.25, 0.3) is 11.3 Å². The van der Waals surface area contributed by atoms with Gasteiger partial charge in [-0.25, -0.2) is 21.6 Å². The van der Waals surface area contributed by atoms with Crippen LogP contribution in [0.3, 0.4) is 0 Å². The average Bonchev–Trinajstić information content (AvgIpc) is 3.33. The highest BCUT2D eigenvalue weighted by atomic mass is 32.2. The van der Waals surface area contributed by atoms with E-state index < -0.39 is 31.0 Å². The van der Waals surface area contributed by atoms with Crippen molar-refractivity contribution in [2.24, 2.45) is 5.92 Å². The van der Waals surface area contributed by atoms with Gasteiger partial charge < -0.3 is 14.0 Å². The second-order valence-corrected chi connectivity index (χ2v) is 18.4. The lowest BCUT2D eigenvalue weighted by Gasteiger charge is -2.41. The Morgan fingerprint density at radius 1 is 0.913 bits per heavy atom. The molecule has 10 nitrogen and oxygen atoms in total. The summed E-state index contributed by atoms with van der Waals surface area (Å²) >= 11 is 0. The molecule has 0 spiro atoms. The van der Waals surface area contributed by atoms with Crippen LogP contribution < -0.4 is 4.72 Å². The van der Waals surface area contributed by atoms with E-state index in [1.54, 1.807) is 16.4 Å². The van der Waals surface area contributed by atoms with Gasteiger partial charge in [-0.2, -0.15) is 4.31 Å². The number of sulfonamides is 2. The van der Waals surface area contributed by atoms with Crippen molar-refractivity contribution in [1.82, 2.24) is 18.5 Å². The van der Waals surface area contributed by atoms with Crippen LogP contribution in [0.2, 0.25) is 0 Å². The summed E-state index contributed by atoms with van der Waals surface area (Å²) in [6.07, 6.45) is 5.86. The van der Waals surface area contributed by atoms with E-state index in [0.29, 0.717) is 68.1 Å². The zero-order chi connectivity index (χ0) is 33.3. The fourth-order valence-corrected chi connectivity index (χ4v) is 10.6. The third-order valence-electron chi connectivity index (χ3n) is 9.82. The standard InChI is InChI=1S/C34H54N4O6S2/c1-26-32(45(39,40)35-14-15-36-16-19-43-20-17-36)23-30(37(26)24-27-10-8-7-9-11-27)28-12-13-31(29(22-28)33(2,3)4)46(41,42)38-18-21-44-25-34(38,5)6/h12-13,22-23,27,35H,7-11,14-21,24-25H2,1-6H3. The molecule has 1 aliphatic carbocycles. The number of morpholine rings is 2. The molecule has 5 rings (SSSR count). The van der Waals surface area contributed by atoms with Gasteiger partial charge in [0.15, 0.2) is 0 Å². The summed E-state index contributed by atoms with van der Waals surface area (Å²) in [4.78, 5) is 2.78. The van der Waals surface area contributed by atoms with E-state index in [1.807, 2.05) is 53.7 Å². The van der Waals surface area contributed by atoms with Crippen LogP contribution in [0.15, 0.2) is 34.1 Å². The van der Waals surface area contributed by atoms with Crippen molar-refractivity contribution in [3.05, 3.63) is 35.5 Å². The third-order valence-corrected chi connectivity index (χ3v) is 13.6. The molecule has 46 heavy (non-hydrogen) atoms. The Bertz CT molecular complexity index is 1580. The summed E-state index contributed by atoms with van der Waals surface area (Å²) < 4.78 is 73.6. The second kappa shape index (κ2) is 14.0. The van der Waals surface area contributed by atoms with Crippen LogP contribution in [0.4, 0.5) is 0 Å². The molecule has 1 saturated carbocycles. The molecule has 3 aliphatic rings. The average molecular weight is 679 g/mol. The van der Waals surface area contributed by atoms with Gasteiger partial charge in [0.2, 0.25) is 20.0 Å². The topological polar surface area (TPSA) is 110 Å². The van der Waals surface area contributed by atoms with E-state index >= 15 is 0 Å². The van der Waals surface area contributed by atoms with Crippen LogP contribution >= 0.6 is 0 Å². The first-order valence-corrected chi connectivity index (χ1v) is 19.8. The number of ether oxygens (including phenoxy) is 2. The first-order valence-electron chi connectivity index (χ1n) is 16.9. The van der Waals surface area contributed by atoms with E-state index in [1.165, 1.54) is 19.3 Å². The zero-order valence-electron chi connectivity index (χ0n) is 28.6. The zero-order valence-corrected chi connectivity index (χ0v) is 30.2. The number of aromatic nitrogens is 1. The maximum Gasteiger partial charge on any atom is 0.244 e. The molecule has 1 N–H and O–H groups in total. The smallest absolute Gasteiger partial charge is 0.244 e. The lowest BCUT2D eigenvalue weighted by Crippen LogP contribution is -2.55. The van der Waals surface area contributed by atoms with Gasteiger partial charge in [0.05, 0.1) is 36.9 Å². The lowest BCUT2D eigenvalue weighted by molar-refractivity contribution is -0.00774. The quantitative estimate of drug-likeness (QED) is 0.386. The molecule has 0 atom stereocenters. The minimum absolute atomic E-state index is 0.282. The normalized spacial score (nSPS) is 21.1. The van der Waals surface area contributed by atoms with Gasteiger partial charge in [-0.1, -0.05) is 46.1 Å². The first kappa shape index (κ1) is 35.5. The van der Waals surface area contributed by atoms with Crippen molar-refractivity contribution in [2.75, 3.05) is 59.2 Å². The van der Waals surface area contributed by atoms with Gasteiger partial charge in [-0.05, 0) is 74.3 Å². The molecular formula is C34H54N4O6S2. The van der Waals surface area contributed by atoms with E-state index in [4.69, 9.17) is 9.47 Å². The molecule has 258 valence electrons. The van der Waals surface area contributed by atoms with Crippen molar-refractivity contribution < 1.29 is 26.3 Å². The molecule has 0 unspecified atom stereocenters. The minimum atomic E-state index is -3.83. The van der Waals surface area contributed by atoms with Crippen LogP contribution in [0.5, 0.6) is 0 Å². The van der Waals surface area contributed by atoms with Crippen molar-refractivity contribution >= 4 is 20.0 Å². The van der Waals surface area contributed by atoms with Gasteiger partial charge in [-0.3, -0.25) is 4.90 Å². The molecule has 2 aromatic rings. The molecule has 2 saturated heterocycles. The molecule has 0 bridgehead atoms. The Hall–Kier alpha value is -1.80. The van der Waals surface area contributed by atoms with Gasteiger partial charge in [-0.15, -0.1) is 0 Å². The van der Waals surface area contributed by atoms with Crippen molar-refractivity contribution in [2.45, 2.75) is 101 Å². The Labute approximate surface area is 276 Å². The fraction of sp³-hybridized carbons (Fsp3) is 0.706. The van der Waals surface area contributed by atoms with E-state index in [0.717, 1.165) is 43.7 Å². The van der Waals surface area contributed by atoms with Gasteiger partial charge >= 0.3 is 0 Å². The number of hydrogen-bond acceptors (Lipinski definition) is 7. The predicted octanol–water partition coefficient (Wildman–Crippen LogP) is 4.75. The largest absolute Gasteiger partial charge is 0.379 e. The summed E-state index contributed by atoms with van der Waals surface area (Å²) in [7, 11) is -7.62. The number of rotatable bonds is 10. The highest BCUT2D eigenvalue weighted by molar-refractivity contribution is 7.89. The Kier molecular flexibility index (Phi) is 10.8. The highest BCUT2D eigenvalue weighted by Crippen LogP contribution is 2.39. The molecular weight excluding hydrogens is 625 g/mol. The molecule has 2 aliphatic heterocycles. The predicted molar refractivity (Wildman–Crippen MR) is 181 cm³/mol. The molecule has 0 radical (unpaired) electrons.